The van der Waals surface area contributed by atoms with Crippen LogP contribution in [0.25, 0.3) is 11.0 Å². The predicted octanol–water partition coefficient (Wildman–Crippen LogP) is 3.71. The fraction of sp³-hybridized carbons (Fsp3) is 0.545. The third kappa shape index (κ3) is 4.93. The van der Waals surface area contributed by atoms with Gasteiger partial charge in [-0.15, -0.1) is 0 Å². The lowest BCUT2D eigenvalue weighted by Crippen LogP contribution is -2.42. The van der Waals surface area contributed by atoms with Gasteiger partial charge in [0.05, 0.1) is 13.7 Å². The lowest BCUT2D eigenvalue weighted by atomic mass is 10.0. The summed E-state index contributed by atoms with van der Waals surface area (Å²) in [7, 11) is 3.20. The summed E-state index contributed by atoms with van der Waals surface area (Å²) in [5, 5.41) is 0.860. The second-order valence-electron chi connectivity index (χ2n) is 6.91. The molecule has 6 nitrogen and oxygen atoms in total. The summed E-state index contributed by atoms with van der Waals surface area (Å²) in [4.78, 5) is 27.3. The molecule has 2 rings (SSSR count). The van der Waals surface area contributed by atoms with Crippen molar-refractivity contribution in [1.82, 2.24) is 4.90 Å². The molecule has 6 heteroatoms. The van der Waals surface area contributed by atoms with Crippen LogP contribution in [0.4, 0.5) is 0 Å². The Hall–Kier alpha value is -2.34. The average molecular weight is 389 g/mol. The number of methoxy groups -OCH3 is 2. The Morgan fingerprint density at radius 1 is 1.21 bits per heavy atom. The number of hydrogen-bond donors (Lipinski definition) is 0. The Balaban J connectivity index is 2.23. The van der Waals surface area contributed by atoms with Crippen molar-refractivity contribution in [2.24, 2.45) is 0 Å². The highest BCUT2D eigenvalue weighted by Crippen LogP contribution is 2.24. The maximum atomic E-state index is 12.9. The van der Waals surface area contributed by atoms with Crippen LogP contribution in [0.5, 0.6) is 5.75 Å². The van der Waals surface area contributed by atoms with E-state index < -0.39 is 5.63 Å². The van der Waals surface area contributed by atoms with Crippen molar-refractivity contribution in [1.29, 1.82) is 0 Å². The molecule has 0 aliphatic carbocycles. The van der Waals surface area contributed by atoms with E-state index in [9.17, 15) is 9.59 Å². The van der Waals surface area contributed by atoms with Crippen molar-refractivity contribution in [2.45, 2.75) is 52.5 Å². The molecule has 0 spiro atoms. The fourth-order valence-electron chi connectivity index (χ4n) is 3.60. The molecule has 0 bridgehead atoms. The Kier molecular flexibility index (Phi) is 8.05. The van der Waals surface area contributed by atoms with Crippen molar-refractivity contribution in [2.75, 3.05) is 27.4 Å². The number of fused-ring (bicyclic) bond motifs is 1. The number of nitrogens with zero attached hydrogens (tertiary/aromatic N) is 1. The van der Waals surface area contributed by atoms with Crippen LogP contribution < -0.4 is 10.4 Å². The fourth-order valence-corrected chi connectivity index (χ4v) is 3.60. The molecule has 28 heavy (non-hydrogen) atoms. The first kappa shape index (κ1) is 22.0. The van der Waals surface area contributed by atoms with E-state index in [1.54, 1.807) is 20.3 Å². The van der Waals surface area contributed by atoms with Gasteiger partial charge in [0.25, 0.3) is 0 Å². The number of amides is 1. The highest BCUT2D eigenvalue weighted by Gasteiger charge is 2.22. The maximum absolute atomic E-state index is 12.9. The van der Waals surface area contributed by atoms with Gasteiger partial charge in [0, 0.05) is 43.1 Å². The van der Waals surface area contributed by atoms with E-state index in [0.29, 0.717) is 36.5 Å². The number of carbonyl (C=O) groups excluding carboxylic acids is 1. The predicted molar refractivity (Wildman–Crippen MR) is 110 cm³/mol. The monoisotopic (exact) mass is 389 g/mol. The molecule has 0 radical (unpaired) electrons. The minimum atomic E-state index is -0.392. The van der Waals surface area contributed by atoms with Gasteiger partial charge in [-0.3, -0.25) is 4.79 Å². The standard InChI is InChI=1S/C22H31NO5/c1-6-16(7-2)23(12-13-26-4)21(24)11-10-19-15(3)18-9-8-17(27-5)14-20(18)28-22(19)25/h8-9,14,16H,6-7,10-13H2,1-5H3. The lowest BCUT2D eigenvalue weighted by Gasteiger charge is -2.30. The summed E-state index contributed by atoms with van der Waals surface area (Å²) < 4.78 is 15.8. The van der Waals surface area contributed by atoms with Crippen molar-refractivity contribution in [3.05, 3.63) is 39.7 Å². The van der Waals surface area contributed by atoms with Gasteiger partial charge in [-0.25, -0.2) is 4.79 Å². The van der Waals surface area contributed by atoms with Gasteiger partial charge >= 0.3 is 5.63 Å². The Labute approximate surface area is 166 Å². The van der Waals surface area contributed by atoms with E-state index in [1.807, 2.05) is 24.0 Å². The first-order valence-electron chi connectivity index (χ1n) is 9.85. The van der Waals surface area contributed by atoms with Crippen molar-refractivity contribution >= 4 is 16.9 Å². The molecule has 1 amide bonds. The second-order valence-corrected chi connectivity index (χ2v) is 6.91. The van der Waals surface area contributed by atoms with E-state index in [1.165, 1.54) is 0 Å². The number of ether oxygens (including phenoxy) is 2. The number of hydrogen-bond acceptors (Lipinski definition) is 5. The molecule has 154 valence electrons. The summed E-state index contributed by atoms with van der Waals surface area (Å²) in [6, 6.07) is 5.61. The number of benzene rings is 1. The van der Waals surface area contributed by atoms with Crippen LogP contribution in [-0.4, -0.2) is 44.2 Å². The third-order valence-electron chi connectivity index (χ3n) is 5.32. The van der Waals surface area contributed by atoms with E-state index in [0.717, 1.165) is 23.8 Å². The molecule has 0 saturated heterocycles. The minimum absolute atomic E-state index is 0.0411. The highest BCUT2D eigenvalue weighted by atomic mass is 16.5. The zero-order valence-electron chi connectivity index (χ0n) is 17.5. The van der Waals surface area contributed by atoms with E-state index in [2.05, 4.69) is 13.8 Å². The topological polar surface area (TPSA) is 69.0 Å². The zero-order valence-corrected chi connectivity index (χ0v) is 17.5. The summed E-state index contributed by atoms with van der Waals surface area (Å²) >= 11 is 0. The molecule has 1 aromatic carbocycles. The summed E-state index contributed by atoms with van der Waals surface area (Å²) in [5.74, 6) is 0.677. The smallest absolute Gasteiger partial charge is 0.339 e. The molecule has 0 N–H and O–H groups in total. The van der Waals surface area contributed by atoms with Crippen molar-refractivity contribution in [3.8, 4) is 5.75 Å². The first-order chi connectivity index (χ1) is 13.5. The quantitative estimate of drug-likeness (QED) is 0.580. The molecule has 0 saturated carbocycles. The molecule has 1 heterocycles. The Morgan fingerprint density at radius 3 is 2.54 bits per heavy atom. The first-order valence-corrected chi connectivity index (χ1v) is 9.85. The molecular weight excluding hydrogens is 358 g/mol. The van der Waals surface area contributed by atoms with Crippen LogP contribution in [0.2, 0.25) is 0 Å². The van der Waals surface area contributed by atoms with Gasteiger partial charge in [-0.05, 0) is 43.9 Å². The molecule has 1 aromatic heterocycles. The average Bonchev–Trinajstić information content (AvgIpc) is 2.70. The molecule has 0 unspecified atom stereocenters. The highest BCUT2D eigenvalue weighted by molar-refractivity contribution is 5.83. The summed E-state index contributed by atoms with van der Waals surface area (Å²) in [6.07, 6.45) is 2.42. The van der Waals surface area contributed by atoms with Gasteiger partial charge in [-0.1, -0.05) is 13.8 Å². The van der Waals surface area contributed by atoms with Crippen LogP contribution >= 0.6 is 0 Å². The van der Waals surface area contributed by atoms with E-state index >= 15 is 0 Å². The van der Waals surface area contributed by atoms with Gasteiger partial charge in [-0.2, -0.15) is 0 Å². The summed E-state index contributed by atoms with van der Waals surface area (Å²) in [5.41, 5.74) is 1.52. The van der Waals surface area contributed by atoms with Gasteiger partial charge in [0.15, 0.2) is 0 Å². The van der Waals surface area contributed by atoms with Crippen LogP contribution in [-0.2, 0) is 16.0 Å². The number of aryl methyl sites for hydroxylation is 1. The van der Waals surface area contributed by atoms with Crippen LogP contribution in [0.1, 0.15) is 44.2 Å². The van der Waals surface area contributed by atoms with Gasteiger partial charge in [0.1, 0.15) is 11.3 Å². The molecule has 0 aliphatic heterocycles. The molecule has 2 aromatic rings. The lowest BCUT2D eigenvalue weighted by molar-refractivity contribution is -0.134. The normalized spacial score (nSPS) is 11.2. The maximum Gasteiger partial charge on any atom is 0.339 e. The number of rotatable bonds is 10. The van der Waals surface area contributed by atoms with Gasteiger partial charge in [0.2, 0.25) is 5.91 Å². The molecule has 0 atom stereocenters. The molecule has 0 aliphatic rings. The van der Waals surface area contributed by atoms with Crippen LogP contribution in [0, 0.1) is 6.92 Å². The molecule has 0 fully saturated rings. The second kappa shape index (κ2) is 10.3. The Bertz CT molecular complexity index is 854. The third-order valence-corrected chi connectivity index (χ3v) is 5.32. The molecular formula is C22H31NO5. The van der Waals surface area contributed by atoms with Crippen molar-refractivity contribution in [3.63, 3.8) is 0 Å². The SMILES string of the molecule is CCC(CC)N(CCOC)C(=O)CCc1c(C)c2ccc(OC)cc2oc1=O. The van der Waals surface area contributed by atoms with E-state index in [4.69, 9.17) is 13.9 Å². The van der Waals surface area contributed by atoms with Gasteiger partial charge < -0.3 is 18.8 Å². The van der Waals surface area contributed by atoms with Crippen LogP contribution in [0.15, 0.2) is 27.4 Å². The van der Waals surface area contributed by atoms with Crippen molar-refractivity contribution < 1.29 is 18.7 Å². The largest absolute Gasteiger partial charge is 0.497 e. The van der Waals surface area contributed by atoms with E-state index in [-0.39, 0.29) is 18.4 Å². The van der Waals surface area contributed by atoms with Crippen LogP contribution in [0.3, 0.4) is 0 Å². The summed E-state index contributed by atoms with van der Waals surface area (Å²) in [6.45, 7) is 7.12. The zero-order chi connectivity index (χ0) is 20.7. The Morgan fingerprint density at radius 2 is 1.93 bits per heavy atom. The minimum Gasteiger partial charge on any atom is -0.497 e. The number of carbonyl (C=O) groups is 1.